The Morgan fingerprint density at radius 1 is 1.35 bits per heavy atom. The zero-order valence-corrected chi connectivity index (χ0v) is 12.1. The quantitative estimate of drug-likeness (QED) is 0.275. The molecule has 0 aliphatic rings. The molecule has 23 heavy (non-hydrogen) atoms. The van der Waals surface area contributed by atoms with Crippen molar-refractivity contribution >= 4 is 23.7 Å². The van der Waals surface area contributed by atoms with Crippen molar-refractivity contribution in [2.45, 2.75) is 24.9 Å². The molecule has 0 bridgehead atoms. The first-order valence-electron chi connectivity index (χ1n) is 6.60. The Labute approximate surface area is 130 Å². The zero-order valence-electron chi connectivity index (χ0n) is 12.1. The molecule has 0 fully saturated rings. The largest absolute Gasteiger partial charge is 0.480 e. The highest BCUT2D eigenvalue weighted by atomic mass is 16.4. The van der Waals surface area contributed by atoms with Crippen LogP contribution in [-0.2, 0) is 25.6 Å². The highest BCUT2D eigenvalue weighted by Crippen LogP contribution is 1.98. The predicted octanol–water partition coefficient (Wildman–Crippen LogP) is -3.16. The number of H-pyrrole nitrogens is 1. The van der Waals surface area contributed by atoms with Crippen LogP contribution in [0.5, 0.6) is 0 Å². The number of hydrogen-bond acceptors (Lipinski definition) is 6. The molecular formula is C12H18N6O5. The van der Waals surface area contributed by atoms with Gasteiger partial charge in [0, 0.05) is 18.3 Å². The lowest BCUT2D eigenvalue weighted by atomic mass is 10.1. The van der Waals surface area contributed by atoms with Crippen molar-refractivity contribution in [1.29, 1.82) is 0 Å². The summed E-state index contributed by atoms with van der Waals surface area (Å²) in [4.78, 5) is 51.4. The van der Waals surface area contributed by atoms with Crippen molar-refractivity contribution in [1.82, 2.24) is 20.6 Å². The van der Waals surface area contributed by atoms with Crippen LogP contribution in [0.25, 0.3) is 0 Å². The number of imidazole rings is 1. The summed E-state index contributed by atoms with van der Waals surface area (Å²) in [7, 11) is 0. The van der Waals surface area contributed by atoms with Gasteiger partial charge in [0.2, 0.25) is 17.7 Å². The van der Waals surface area contributed by atoms with Crippen molar-refractivity contribution in [3.8, 4) is 0 Å². The lowest BCUT2D eigenvalue weighted by Crippen LogP contribution is -2.49. The van der Waals surface area contributed by atoms with Gasteiger partial charge in [0.25, 0.3) is 0 Å². The average Bonchev–Trinajstić information content (AvgIpc) is 2.96. The maximum atomic E-state index is 11.7. The minimum atomic E-state index is -1.23. The Hall–Kier alpha value is -2.95. The number of aromatic amines is 1. The molecular weight excluding hydrogens is 308 g/mol. The van der Waals surface area contributed by atoms with Crippen LogP contribution in [0.15, 0.2) is 12.5 Å². The van der Waals surface area contributed by atoms with Crippen molar-refractivity contribution in [2.24, 2.45) is 11.5 Å². The number of hydrogen-bond donors (Lipinski definition) is 6. The Morgan fingerprint density at radius 2 is 2.04 bits per heavy atom. The fourth-order valence-corrected chi connectivity index (χ4v) is 1.67. The van der Waals surface area contributed by atoms with E-state index in [1.165, 1.54) is 12.5 Å². The number of carbonyl (C=O) groups excluding carboxylic acids is 3. The summed E-state index contributed by atoms with van der Waals surface area (Å²) in [5.74, 6) is -3.43. The number of nitrogens with zero attached hydrogens (tertiary/aromatic N) is 1. The monoisotopic (exact) mass is 326 g/mol. The van der Waals surface area contributed by atoms with Gasteiger partial charge in [0.05, 0.1) is 25.3 Å². The van der Waals surface area contributed by atoms with Gasteiger partial charge >= 0.3 is 5.97 Å². The Kier molecular flexibility index (Phi) is 6.68. The number of nitrogens with one attached hydrogen (secondary N) is 3. The molecule has 0 saturated heterocycles. The second-order valence-electron chi connectivity index (χ2n) is 4.73. The molecule has 1 aromatic heterocycles. The topological polar surface area (TPSA) is 193 Å². The van der Waals surface area contributed by atoms with E-state index in [0.717, 1.165) is 0 Å². The first kappa shape index (κ1) is 18.1. The second-order valence-corrected chi connectivity index (χ2v) is 4.73. The van der Waals surface area contributed by atoms with Crippen LogP contribution in [0, 0.1) is 0 Å². The van der Waals surface area contributed by atoms with E-state index < -0.39 is 42.3 Å². The Balaban J connectivity index is 2.45. The van der Waals surface area contributed by atoms with Crippen LogP contribution in [0.1, 0.15) is 12.1 Å². The highest BCUT2D eigenvalue weighted by molar-refractivity contribution is 5.91. The summed E-state index contributed by atoms with van der Waals surface area (Å²) in [6, 6.07) is -2.35. The van der Waals surface area contributed by atoms with E-state index in [1.807, 2.05) is 0 Å². The first-order chi connectivity index (χ1) is 10.8. The molecule has 126 valence electrons. The molecule has 8 N–H and O–H groups in total. The molecule has 1 rings (SSSR count). The van der Waals surface area contributed by atoms with Gasteiger partial charge in [-0.15, -0.1) is 0 Å². The molecule has 0 unspecified atom stereocenters. The number of carbonyl (C=O) groups is 4. The number of carboxylic acids is 1. The van der Waals surface area contributed by atoms with Crippen LogP contribution in [0.4, 0.5) is 0 Å². The molecule has 0 aliphatic carbocycles. The van der Waals surface area contributed by atoms with Gasteiger partial charge in [-0.25, -0.2) is 9.78 Å². The normalized spacial score (nSPS) is 12.9. The van der Waals surface area contributed by atoms with Gasteiger partial charge in [-0.1, -0.05) is 0 Å². The highest BCUT2D eigenvalue weighted by Gasteiger charge is 2.22. The summed E-state index contributed by atoms with van der Waals surface area (Å²) in [6.45, 7) is -0.474. The molecule has 11 heteroatoms. The third kappa shape index (κ3) is 6.56. The standard InChI is InChI=1S/C12H18N6O5/c13-7(2-9(14)19)11(21)16-4-10(20)18-8(12(22)23)1-6-3-15-5-17-6/h3,5,7-8H,1-2,4,13H2,(H2,14,19)(H,15,17)(H,16,21)(H,18,20)(H,22,23)/t7-,8-/m0/s1. The minimum Gasteiger partial charge on any atom is -0.480 e. The number of primary amides is 1. The van der Waals surface area contributed by atoms with Crippen molar-refractivity contribution in [3.05, 3.63) is 18.2 Å². The fourth-order valence-electron chi connectivity index (χ4n) is 1.67. The summed E-state index contributed by atoms with van der Waals surface area (Å²) < 4.78 is 0. The minimum absolute atomic E-state index is 0.0101. The van der Waals surface area contributed by atoms with Crippen molar-refractivity contribution in [2.75, 3.05) is 6.54 Å². The van der Waals surface area contributed by atoms with Crippen LogP contribution in [-0.4, -0.2) is 57.4 Å². The van der Waals surface area contributed by atoms with E-state index in [2.05, 4.69) is 20.6 Å². The number of aromatic nitrogens is 2. The SMILES string of the molecule is NC(=O)C[C@H](N)C(=O)NCC(=O)N[C@@H](Cc1cnc[nH]1)C(=O)O. The first-order valence-corrected chi connectivity index (χ1v) is 6.60. The van der Waals surface area contributed by atoms with Crippen molar-refractivity contribution < 1.29 is 24.3 Å². The lowest BCUT2D eigenvalue weighted by Gasteiger charge is -2.15. The number of amides is 3. The maximum absolute atomic E-state index is 11.7. The molecule has 1 aromatic rings. The summed E-state index contributed by atoms with van der Waals surface area (Å²) in [6.07, 6.45) is 2.48. The molecule has 3 amide bonds. The van der Waals surface area contributed by atoms with E-state index in [0.29, 0.717) is 5.69 Å². The molecule has 0 spiro atoms. The maximum Gasteiger partial charge on any atom is 0.326 e. The van der Waals surface area contributed by atoms with Gasteiger partial charge in [-0.2, -0.15) is 0 Å². The fraction of sp³-hybridized carbons (Fsp3) is 0.417. The van der Waals surface area contributed by atoms with E-state index in [-0.39, 0.29) is 12.8 Å². The molecule has 11 nitrogen and oxygen atoms in total. The zero-order chi connectivity index (χ0) is 17.4. The van der Waals surface area contributed by atoms with E-state index in [9.17, 15) is 19.2 Å². The summed E-state index contributed by atoms with van der Waals surface area (Å²) in [5, 5.41) is 13.5. The Bertz CT molecular complexity index is 573. The van der Waals surface area contributed by atoms with E-state index in [4.69, 9.17) is 16.6 Å². The second kappa shape index (κ2) is 8.48. The molecule has 0 aliphatic heterocycles. The smallest absolute Gasteiger partial charge is 0.326 e. The number of nitrogens with two attached hydrogens (primary N) is 2. The van der Waals surface area contributed by atoms with Gasteiger partial charge in [-0.05, 0) is 0 Å². The van der Waals surface area contributed by atoms with Gasteiger partial charge in [0.15, 0.2) is 0 Å². The van der Waals surface area contributed by atoms with Gasteiger partial charge in [-0.3, -0.25) is 14.4 Å². The molecule has 0 aromatic carbocycles. The Morgan fingerprint density at radius 3 is 2.57 bits per heavy atom. The van der Waals surface area contributed by atoms with Crippen molar-refractivity contribution in [3.63, 3.8) is 0 Å². The van der Waals surface area contributed by atoms with Crippen LogP contribution < -0.4 is 22.1 Å². The van der Waals surface area contributed by atoms with Crippen LogP contribution in [0.3, 0.4) is 0 Å². The molecule has 0 radical (unpaired) electrons. The van der Waals surface area contributed by atoms with Gasteiger partial charge < -0.3 is 32.2 Å². The third-order valence-corrected chi connectivity index (χ3v) is 2.79. The molecule has 0 saturated carbocycles. The summed E-state index contributed by atoms with van der Waals surface area (Å²) in [5.41, 5.74) is 10.8. The predicted molar refractivity (Wildman–Crippen MR) is 76.7 cm³/mol. The average molecular weight is 326 g/mol. The van der Waals surface area contributed by atoms with Gasteiger partial charge in [0.1, 0.15) is 6.04 Å². The van der Waals surface area contributed by atoms with E-state index in [1.54, 1.807) is 0 Å². The van der Waals surface area contributed by atoms with E-state index >= 15 is 0 Å². The number of aliphatic carboxylic acids is 1. The molecule has 1 heterocycles. The molecule has 2 atom stereocenters. The lowest BCUT2D eigenvalue weighted by molar-refractivity contribution is -0.141. The third-order valence-electron chi connectivity index (χ3n) is 2.79. The summed E-state index contributed by atoms with van der Waals surface area (Å²) >= 11 is 0. The number of rotatable bonds is 9. The number of carboxylic acid groups (broad SMARTS) is 1. The van der Waals surface area contributed by atoms with Crippen LogP contribution in [0.2, 0.25) is 0 Å². The van der Waals surface area contributed by atoms with Crippen LogP contribution >= 0.6 is 0 Å².